The first-order chi connectivity index (χ1) is 27.9. The van der Waals surface area contributed by atoms with Crippen LogP contribution in [0.5, 0.6) is 11.5 Å². The van der Waals surface area contributed by atoms with Crippen molar-refractivity contribution in [1.29, 1.82) is 5.26 Å². The largest absolute Gasteiger partial charge is 0.490 e. The summed E-state index contributed by atoms with van der Waals surface area (Å²) in [6.45, 7) is 3.55. The fourth-order valence-corrected chi connectivity index (χ4v) is 9.45. The number of carbonyl (C=O) groups excluding carboxylic acids is 2. The summed E-state index contributed by atoms with van der Waals surface area (Å²) in [4.78, 5) is 46.5. The quantitative estimate of drug-likeness (QED) is 0.168. The fraction of sp³-hybridized carbons (Fsp3) is 0.548. The lowest BCUT2D eigenvalue weighted by Crippen LogP contribution is -2.68. The summed E-state index contributed by atoms with van der Waals surface area (Å²) in [5.41, 5.74) is -5.42. The Morgan fingerprint density at radius 3 is 2.31 bits per heavy atom. The molecule has 3 fully saturated rings. The third kappa shape index (κ3) is 8.74. The average Bonchev–Trinajstić information content (AvgIpc) is 3.67. The number of likely N-dealkylation sites (tertiary alicyclic amines) is 2. The van der Waals surface area contributed by atoms with Gasteiger partial charge in [0.2, 0.25) is 5.60 Å². The molecule has 0 unspecified atom stereocenters. The Morgan fingerprint density at radius 2 is 1.71 bits per heavy atom. The number of alkyl halides is 6. The predicted molar refractivity (Wildman–Crippen MR) is 204 cm³/mol. The molecular weight excluding hydrogens is 803 g/mol. The van der Waals surface area contributed by atoms with Crippen molar-refractivity contribution in [3.05, 3.63) is 75.7 Å². The molecule has 2 amide bonds. The van der Waals surface area contributed by atoms with Crippen molar-refractivity contribution >= 4 is 29.1 Å². The van der Waals surface area contributed by atoms with Gasteiger partial charge >= 0.3 is 18.3 Å². The van der Waals surface area contributed by atoms with E-state index in [9.17, 15) is 46.3 Å². The second-order valence-electron chi connectivity index (χ2n) is 15.8. The summed E-state index contributed by atoms with van der Waals surface area (Å²) in [5, 5.41) is 21.6. The number of aromatic nitrogens is 1. The van der Waals surface area contributed by atoms with Gasteiger partial charge in [0, 0.05) is 49.3 Å². The lowest BCUT2D eigenvalue weighted by molar-refractivity contribution is -0.160. The highest BCUT2D eigenvalue weighted by atomic mass is 32.1. The summed E-state index contributed by atoms with van der Waals surface area (Å²) in [5.74, 6) is -2.37. The Morgan fingerprint density at radius 1 is 1.00 bits per heavy atom. The molecule has 318 valence electrons. The van der Waals surface area contributed by atoms with Crippen LogP contribution in [0, 0.1) is 16.7 Å². The average molecular weight is 849 g/mol. The topological polar surface area (TPSA) is 133 Å². The highest BCUT2D eigenvalue weighted by Gasteiger charge is 2.57. The smallest absolute Gasteiger partial charge is 0.425 e. The summed E-state index contributed by atoms with van der Waals surface area (Å²) >= 11 is 0.365. The molecule has 3 atom stereocenters. The number of aliphatic carboxylic acids is 1. The molecule has 1 aromatic carbocycles. The van der Waals surface area contributed by atoms with Crippen molar-refractivity contribution in [2.75, 3.05) is 19.6 Å². The number of carboxylic acid groups (broad SMARTS) is 1. The van der Waals surface area contributed by atoms with E-state index < -0.39 is 68.7 Å². The van der Waals surface area contributed by atoms with Gasteiger partial charge in [0.05, 0.1) is 34.6 Å². The number of benzene rings is 1. The zero-order valence-electron chi connectivity index (χ0n) is 32.7. The number of hydrogen-bond acceptors (Lipinski definition) is 8. The second kappa shape index (κ2) is 17.0. The zero-order valence-corrected chi connectivity index (χ0v) is 33.5. The maximum absolute atomic E-state index is 15.1. The van der Waals surface area contributed by atoms with Crippen LogP contribution in [0.3, 0.4) is 0 Å². The van der Waals surface area contributed by atoms with Gasteiger partial charge in [0.25, 0.3) is 11.8 Å². The van der Waals surface area contributed by atoms with E-state index in [4.69, 9.17) is 9.47 Å². The number of nitriles is 1. The van der Waals surface area contributed by atoms with Gasteiger partial charge in [0.15, 0.2) is 0 Å². The number of amides is 2. The van der Waals surface area contributed by atoms with Gasteiger partial charge < -0.3 is 24.4 Å². The molecule has 59 heavy (non-hydrogen) atoms. The number of rotatable bonds is 13. The van der Waals surface area contributed by atoms with E-state index in [1.54, 1.807) is 31.2 Å². The van der Waals surface area contributed by atoms with Gasteiger partial charge in [-0.15, -0.1) is 11.3 Å². The molecule has 1 aliphatic carbocycles. The first-order valence-electron chi connectivity index (χ1n) is 19.8. The number of carbonyl (C=O) groups is 3. The first-order valence-corrected chi connectivity index (χ1v) is 20.7. The van der Waals surface area contributed by atoms with Crippen molar-refractivity contribution in [2.24, 2.45) is 5.41 Å². The minimum absolute atomic E-state index is 0.00517. The number of para-hydroxylation sites is 1. The van der Waals surface area contributed by atoms with Gasteiger partial charge in [-0.05, 0) is 76.5 Å². The maximum Gasteiger partial charge on any atom is 0.425 e. The van der Waals surface area contributed by atoms with E-state index in [1.807, 2.05) is 6.92 Å². The molecule has 3 aromatic rings. The van der Waals surface area contributed by atoms with Crippen LogP contribution in [0.25, 0.3) is 0 Å². The van der Waals surface area contributed by atoms with Gasteiger partial charge in [-0.25, -0.2) is 0 Å². The van der Waals surface area contributed by atoms with Crippen molar-refractivity contribution in [2.45, 2.75) is 120 Å². The third-order valence-electron chi connectivity index (χ3n) is 12.2. The Kier molecular flexibility index (Phi) is 12.6. The molecular formula is C42H46F6N4O6S. The van der Waals surface area contributed by atoms with E-state index in [0.717, 1.165) is 41.1 Å². The van der Waals surface area contributed by atoms with Crippen LogP contribution in [-0.2, 0) is 27.4 Å². The number of thiophene rings is 1. The van der Waals surface area contributed by atoms with Gasteiger partial charge in [-0.1, -0.05) is 38.0 Å². The van der Waals surface area contributed by atoms with E-state index in [-0.39, 0.29) is 63.6 Å². The molecule has 0 spiro atoms. The van der Waals surface area contributed by atoms with Crippen molar-refractivity contribution in [1.82, 2.24) is 14.8 Å². The number of carboxylic acids is 1. The SMILES string of the molecule is CCC[C@H]1N(C(=O)c2ncccc2C(F)(F)F)CCC[C@@]1(Oc1csc(C(F)(F)F)c1)C(=O)N1CCC(C#N)(c2ccccc2O[C@H](C)CCC2(C(=O)O)CCC2)CC1. The van der Waals surface area contributed by atoms with Gasteiger partial charge in [-0.2, -0.15) is 31.6 Å². The highest BCUT2D eigenvalue weighted by Crippen LogP contribution is 2.47. The number of ether oxygens (including phenoxy) is 2. The Bertz CT molecular complexity index is 2050. The Hall–Kier alpha value is -4.85. The Labute approximate surface area is 342 Å². The second-order valence-corrected chi connectivity index (χ2v) is 16.7. The lowest BCUT2D eigenvalue weighted by Gasteiger charge is -2.51. The van der Waals surface area contributed by atoms with Crippen molar-refractivity contribution < 1.29 is 55.3 Å². The van der Waals surface area contributed by atoms with Crippen LogP contribution in [0.1, 0.15) is 111 Å². The van der Waals surface area contributed by atoms with Crippen LogP contribution in [-0.4, -0.2) is 75.1 Å². The molecule has 4 heterocycles. The van der Waals surface area contributed by atoms with Crippen LogP contribution >= 0.6 is 11.3 Å². The summed E-state index contributed by atoms with van der Waals surface area (Å²) in [6, 6.07) is 10.9. The monoisotopic (exact) mass is 848 g/mol. The van der Waals surface area contributed by atoms with E-state index >= 15 is 4.79 Å². The zero-order chi connectivity index (χ0) is 42.8. The summed E-state index contributed by atoms with van der Waals surface area (Å²) in [6.07, 6.45) is -5.25. The van der Waals surface area contributed by atoms with Crippen molar-refractivity contribution in [3.8, 4) is 17.6 Å². The predicted octanol–water partition coefficient (Wildman–Crippen LogP) is 9.29. The number of hydrogen-bond donors (Lipinski definition) is 1. The number of piperidine rings is 2. The molecule has 0 bridgehead atoms. The molecule has 3 aliphatic rings. The lowest BCUT2D eigenvalue weighted by atomic mass is 9.66. The molecule has 2 saturated heterocycles. The molecule has 0 radical (unpaired) electrons. The molecule has 6 rings (SSSR count). The maximum atomic E-state index is 15.1. The number of pyridine rings is 1. The minimum atomic E-state index is -4.93. The van der Waals surface area contributed by atoms with Crippen LogP contribution in [0.4, 0.5) is 26.3 Å². The van der Waals surface area contributed by atoms with E-state index in [1.165, 1.54) is 4.90 Å². The minimum Gasteiger partial charge on any atom is -0.490 e. The number of halogens is 6. The Balaban J connectivity index is 1.29. The molecule has 1 saturated carbocycles. The van der Waals surface area contributed by atoms with Gasteiger partial charge in [-0.3, -0.25) is 19.4 Å². The molecule has 17 heteroatoms. The van der Waals surface area contributed by atoms with E-state index in [2.05, 4.69) is 11.1 Å². The molecule has 2 aromatic heterocycles. The van der Waals surface area contributed by atoms with Crippen molar-refractivity contribution in [3.63, 3.8) is 0 Å². The third-order valence-corrected chi connectivity index (χ3v) is 13.1. The standard InChI is InChI=1S/C42H46F6N4O6S/c1-3-9-32-40(58-28-24-33(59-25-28)42(46,47)48,16-8-21-52(32)35(53)34-30(41(43,44)45)11-6-20-50-34)36(54)51-22-18-39(26-49,19-23-51)29-10-4-5-12-31(29)57-27(2)13-17-38(37(55)56)14-7-15-38/h4-6,10-12,20,24-25,27,32H,3,7-9,13-19,21-23H2,1-2H3,(H,55,56)/t27-,32-,40+/m1/s1. The molecule has 2 aliphatic heterocycles. The highest BCUT2D eigenvalue weighted by molar-refractivity contribution is 7.10. The van der Waals surface area contributed by atoms with Crippen LogP contribution in [0.2, 0.25) is 0 Å². The molecule has 1 N–H and O–H groups in total. The van der Waals surface area contributed by atoms with Crippen LogP contribution in [0.15, 0.2) is 54.0 Å². The summed E-state index contributed by atoms with van der Waals surface area (Å²) < 4.78 is 96.3. The van der Waals surface area contributed by atoms with Gasteiger partial charge in [0.1, 0.15) is 22.1 Å². The summed E-state index contributed by atoms with van der Waals surface area (Å²) in [7, 11) is 0. The van der Waals surface area contributed by atoms with Crippen LogP contribution < -0.4 is 9.47 Å². The first kappa shape index (κ1) is 43.7. The normalized spacial score (nSPS) is 22.1. The fourth-order valence-electron chi connectivity index (χ4n) is 8.77. The van der Waals surface area contributed by atoms with E-state index in [0.29, 0.717) is 54.8 Å². The number of nitrogens with zero attached hydrogens (tertiary/aromatic N) is 4. The molecule has 10 nitrogen and oxygen atoms in total.